The standard InChI is InChI=1S/C9H16N2O3/c1-2-3-10-8(12)6-4-7(5-6)11-9(13)14/h6-7,11H,2-5H2,1H3,(H,10,12)(H,13,14)/t6-,7-. The van der Waals surface area contributed by atoms with E-state index in [-0.39, 0.29) is 17.9 Å². The molecule has 0 radical (unpaired) electrons. The lowest BCUT2D eigenvalue weighted by molar-refractivity contribution is -0.128. The molecule has 0 saturated heterocycles. The number of rotatable bonds is 4. The van der Waals surface area contributed by atoms with Crippen LogP contribution in [0.2, 0.25) is 0 Å². The molecule has 14 heavy (non-hydrogen) atoms. The molecule has 5 heteroatoms. The first-order valence-electron chi connectivity index (χ1n) is 4.90. The van der Waals surface area contributed by atoms with Crippen molar-refractivity contribution in [3.63, 3.8) is 0 Å². The molecule has 1 aliphatic rings. The third kappa shape index (κ3) is 2.90. The van der Waals surface area contributed by atoms with Crippen LogP contribution in [0.25, 0.3) is 0 Å². The van der Waals surface area contributed by atoms with Crippen LogP contribution in [0.15, 0.2) is 0 Å². The van der Waals surface area contributed by atoms with Crippen LogP contribution < -0.4 is 10.6 Å². The fourth-order valence-electron chi connectivity index (χ4n) is 1.52. The maximum atomic E-state index is 11.3. The first kappa shape index (κ1) is 10.8. The van der Waals surface area contributed by atoms with E-state index in [1.165, 1.54) is 0 Å². The molecular weight excluding hydrogens is 184 g/mol. The highest BCUT2D eigenvalue weighted by Gasteiger charge is 2.34. The molecule has 1 saturated carbocycles. The Balaban J connectivity index is 2.14. The third-order valence-electron chi connectivity index (χ3n) is 2.39. The predicted octanol–water partition coefficient (Wildman–Crippen LogP) is 0.559. The lowest BCUT2D eigenvalue weighted by atomic mass is 9.79. The van der Waals surface area contributed by atoms with E-state index < -0.39 is 6.09 Å². The molecule has 0 aromatic rings. The van der Waals surface area contributed by atoms with E-state index in [0.29, 0.717) is 19.4 Å². The van der Waals surface area contributed by atoms with Crippen LogP contribution in [0.3, 0.4) is 0 Å². The Labute approximate surface area is 82.9 Å². The van der Waals surface area contributed by atoms with Gasteiger partial charge in [-0.05, 0) is 19.3 Å². The van der Waals surface area contributed by atoms with Crippen LogP contribution in [0.1, 0.15) is 26.2 Å². The Kier molecular flexibility index (Phi) is 3.73. The van der Waals surface area contributed by atoms with Crippen LogP contribution in [0.5, 0.6) is 0 Å². The molecule has 0 unspecified atom stereocenters. The Bertz CT molecular complexity index is 224. The second-order valence-electron chi connectivity index (χ2n) is 3.61. The average molecular weight is 200 g/mol. The van der Waals surface area contributed by atoms with E-state index in [4.69, 9.17) is 5.11 Å². The molecule has 0 bridgehead atoms. The number of hydrogen-bond acceptors (Lipinski definition) is 2. The summed E-state index contributed by atoms with van der Waals surface area (Å²) in [5.41, 5.74) is 0. The number of hydrogen-bond donors (Lipinski definition) is 3. The molecular formula is C9H16N2O3. The van der Waals surface area contributed by atoms with Crippen LogP contribution in [0, 0.1) is 5.92 Å². The van der Waals surface area contributed by atoms with Crippen molar-refractivity contribution in [2.24, 2.45) is 5.92 Å². The van der Waals surface area contributed by atoms with Gasteiger partial charge < -0.3 is 15.7 Å². The molecule has 0 aromatic carbocycles. The van der Waals surface area contributed by atoms with Crippen LogP contribution >= 0.6 is 0 Å². The fraction of sp³-hybridized carbons (Fsp3) is 0.778. The van der Waals surface area contributed by atoms with E-state index >= 15 is 0 Å². The summed E-state index contributed by atoms with van der Waals surface area (Å²) < 4.78 is 0. The first-order chi connectivity index (χ1) is 6.63. The van der Waals surface area contributed by atoms with Gasteiger partial charge in [0.05, 0.1) is 0 Å². The summed E-state index contributed by atoms with van der Waals surface area (Å²) in [5.74, 6) is 0.0497. The van der Waals surface area contributed by atoms with E-state index in [1.54, 1.807) is 0 Å². The summed E-state index contributed by atoms with van der Waals surface area (Å²) in [6, 6.07) is -0.0372. The molecule has 5 nitrogen and oxygen atoms in total. The van der Waals surface area contributed by atoms with Crippen LogP contribution in [0.4, 0.5) is 4.79 Å². The molecule has 0 heterocycles. The lowest BCUT2D eigenvalue weighted by Crippen LogP contribution is -2.49. The Hall–Kier alpha value is -1.26. The second kappa shape index (κ2) is 4.83. The second-order valence-corrected chi connectivity index (χ2v) is 3.61. The first-order valence-corrected chi connectivity index (χ1v) is 4.90. The molecule has 80 valence electrons. The highest BCUT2D eigenvalue weighted by molar-refractivity contribution is 5.80. The van der Waals surface area contributed by atoms with E-state index in [0.717, 1.165) is 6.42 Å². The van der Waals surface area contributed by atoms with Gasteiger partial charge in [0, 0.05) is 18.5 Å². The Morgan fingerprint density at radius 1 is 1.43 bits per heavy atom. The van der Waals surface area contributed by atoms with Crippen molar-refractivity contribution in [2.75, 3.05) is 6.54 Å². The summed E-state index contributed by atoms with van der Waals surface area (Å²) >= 11 is 0. The summed E-state index contributed by atoms with van der Waals surface area (Å²) in [6.45, 7) is 2.70. The molecule has 3 N–H and O–H groups in total. The van der Waals surface area contributed by atoms with E-state index in [1.807, 2.05) is 6.92 Å². The largest absolute Gasteiger partial charge is 0.465 e. The van der Waals surface area contributed by atoms with E-state index in [9.17, 15) is 9.59 Å². The van der Waals surface area contributed by atoms with Gasteiger partial charge in [0.25, 0.3) is 0 Å². The topological polar surface area (TPSA) is 78.4 Å². The highest BCUT2D eigenvalue weighted by atomic mass is 16.4. The summed E-state index contributed by atoms with van der Waals surface area (Å²) in [4.78, 5) is 21.6. The third-order valence-corrected chi connectivity index (χ3v) is 2.39. The number of amides is 2. The zero-order valence-corrected chi connectivity index (χ0v) is 8.25. The quantitative estimate of drug-likeness (QED) is 0.620. The maximum absolute atomic E-state index is 11.3. The van der Waals surface area contributed by atoms with Crippen LogP contribution in [-0.4, -0.2) is 29.7 Å². The summed E-state index contributed by atoms with van der Waals surface area (Å²) in [7, 11) is 0. The average Bonchev–Trinajstić information content (AvgIpc) is 2.06. The van der Waals surface area contributed by atoms with Crippen molar-refractivity contribution in [1.82, 2.24) is 10.6 Å². The highest BCUT2D eigenvalue weighted by Crippen LogP contribution is 2.27. The zero-order chi connectivity index (χ0) is 10.6. The minimum atomic E-state index is -1.01. The van der Waals surface area contributed by atoms with Crippen molar-refractivity contribution in [3.8, 4) is 0 Å². The van der Waals surface area contributed by atoms with Gasteiger partial charge in [-0.3, -0.25) is 4.79 Å². The smallest absolute Gasteiger partial charge is 0.404 e. The summed E-state index contributed by atoms with van der Waals surface area (Å²) in [6.07, 6.45) is 1.17. The summed E-state index contributed by atoms with van der Waals surface area (Å²) in [5, 5.41) is 13.6. The maximum Gasteiger partial charge on any atom is 0.404 e. The van der Waals surface area contributed by atoms with E-state index in [2.05, 4.69) is 10.6 Å². The number of carbonyl (C=O) groups excluding carboxylic acids is 1. The fourth-order valence-corrected chi connectivity index (χ4v) is 1.52. The number of carbonyl (C=O) groups is 2. The van der Waals surface area contributed by atoms with Gasteiger partial charge in [-0.25, -0.2) is 4.79 Å². The van der Waals surface area contributed by atoms with Gasteiger partial charge >= 0.3 is 6.09 Å². The van der Waals surface area contributed by atoms with Gasteiger partial charge in [0.1, 0.15) is 0 Å². The Morgan fingerprint density at radius 3 is 2.57 bits per heavy atom. The van der Waals surface area contributed by atoms with Crippen molar-refractivity contribution in [3.05, 3.63) is 0 Å². The molecule has 1 rings (SSSR count). The minimum absolute atomic E-state index is 0.00148. The van der Waals surface area contributed by atoms with Gasteiger partial charge in [-0.1, -0.05) is 6.92 Å². The molecule has 1 fully saturated rings. The van der Waals surface area contributed by atoms with Gasteiger partial charge in [0.15, 0.2) is 0 Å². The Morgan fingerprint density at radius 2 is 2.07 bits per heavy atom. The predicted molar refractivity (Wildman–Crippen MR) is 51.0 cm³/mol. The molecule has 0 atom stereocenters. The molecule has 2 amide bonds. The van der Waals surface area contributed by atoms with Crippen molar-refractivity contribution in [2.45, 2.75) is 32.2 Å². The SMILES string of the molecule is CCCNC(=O)[C@H]1C[C@H](NC(=O)O)C1. The van der Waals surface area contributed by atoms with Crippen LogP contribution in [-0.2, 0) is 4.79 Å². The number of carboxylic acid groups (broad SMARTS) is 1. The van der Waals surface area contributed by atoms with Gasteiger partial charge in [0.2, 0.25) is 5.91 Å². The number of nitrogens with one attached hydrogen (secondary N) is 2. The van der Waals surface area contributed by atoms with Gasteiger partial charge in [-0.2, -0.15) is 0 Å². The van der Waals surface area contributed by atoms with Crippen molar-refractivity contribution >= 4 is 12.0 Å². The molecule has 0 aliphatic heterocycles. The zero-order valence-electron chi connectivity index (χ0n) is 8.25. The molecule has 1 aliphatic carbocycles. The molecule has 0 aromatic heterocycles. The minimum Gasteiger partial charge on any atom is -0.465 e. The van der Waals surface area contributed by atoms with Gasteiger partial charge in [-0.15, -0.1) is 0 Å². The van der Waals surface area contributed by atoms with Crippen molar-refractivity contribution in [1.29, 1.82) is 0 Å². The molecule has 0 spiro atoms. The lowest BCUT2D eigenvalue weighted by Gasteiger charge is -2.33. The normalized spacial score (nSPS) is 24.9. The van der Waals surface area contributed by atoms with Crippen molar-refractivity contribution < 1.29 is 14.7 Å². The monoisotopic (exact) mass is 200 g/mol.